The number of unbranched alkanes of at least 4 members (excludes halogenated alkanes) is 26. The molecule has 0 aliphatic heterocycles. The van der Waals surface area contributed by atoms with Crippen LogP contribution in [0.2, 0.25) is 0 Å². The fourth-order valence-corrected chi connectivity index (χ4v) is 9.37. The fraction of sp³-hybridized carbons (Fsp3) is 0.721. The van der Waals surface area contributed by atoms with Crippen LogP contribution >= 0.6 is 7.82 Å². The molecule has 0 aromatic rings. The molecule has 3 unspecified atom stereocenters. The first-order valence-electron chi connectivity index (χ1n) is 32.1. The van der Waals surface area contributed by atoms with Gasteiger partial charge in [0.1, 0.15) is 12.7 Å². The molecule has 0 fully saturated rings. The van der Waals surface area contributed by atoms with Crippen LogP contribution in [-0.2, 0) is 42.2 Å². The molecule has 0 rings (SSSR count). The highest BCUT2D eigenvalue weighted by molar-refractivity contribution is 7.47. The van der Waals surface area contributed by atoms with Crippen molar-refractivity contribution in [2.75, 3.05) is 26.4 Å². The summed E-state index contributed by atoms with van der Waals surface area (Å²) >= 11 is 0. The van der Waals surface area contributed by atoms with Gasteiger partial charge in [-0.1, -0.05) is 234 Å². The van der Waals surface area contributed by atoms with Gasteiger partial charge >= 0.3 is 25.7 Å². The lowest BCUT2D eigenvalue weighted by Crippen LogP contribution is -2.30. The highest BCUT2D eigenvalue weighted by Gasteiger charge is 2.28. The largest absolute Gasteiger partial charge is 0.472 e. The van der Waals surface area contributed by atoms with E-state index in [1.807, 2.05) is 0 Å². The smallest absolute Gasteiger partial charge is 0.462 e. The molecule has 0 heterocycles. The lowest BCUT2D eigenvalue weighted by Gasteiger charge is -2.21. The average molecular weight is 1140 g/mol. The van der Waals surface area contributed by atoms with E-state index in [9.17, 15) is 28.9 Å². The summed E-state index contributed by atoms with van der Waals surface area (Å²) in [6.07, 6.45) is 73.4. The molecule has 11 nitrogen and oxygen atoms in total. The van der Waals surface area contributed by atoms with Gasteiger partial charge in [-0.15, -0.1) is 0 Å². The molecule has 2 N–H and O–H groups in total. The summed E-state index contributed by atoms with van der Waals surface area (Å²) < 4.78 is 39.7. The molecule has 0 saturated heterocycles. The predicted molar refractivity (Wildman–Crippen MR) is 334 cm³/mol. The SMILES string of the molecule is CC/C=C\C/C=C\C/C=C\C/C=C\CCCCCCCCC(=O)OCC(COP(=O)(O)OCC(CO)OC(=O)CCCCCCCCC/C=C\C/C=C\CCCCC)OC(=O)CCCCCCCCC/C=C\C/C=C\CCCCC. The van der Waals surface area contributed by atoms with Gasteiger partial charge in [0.2, 0.25) is 0 Å². The molecular formula is C68H117O11P. The first-order valence-corrected chi connectivity index (χ1v) is 33.6. The summed E-state index contributed by atoms with van der Waals surface area (Å²) in [5.41, 5.74) is 0. The first-order chi connectivity index (χ1) is 39.2. The van der Waals surface area contributed by atoms with E-state index < -0.39 is 57.8 Å². The molecule has 0 radical (unpaired) electrons. The molecule has 0 bridgehead atoms. The van der Waals surface area contributed by atoms with Crippen LogP contribution in [0.3, 0.4) is 0 Å². The van der Waals surface area contributed by atoms with E-state index in [2.05, 4.69) is 118 Å². The molecular weight excluding hydrogens is 1020 g/mol. The second-order valence-electron chi connectivity index (χ2n) is 21.2. The van der Waals surface area contributed by atoms with Gasteiger partial charge in [-0.05, 0) is 122 Å². The predicted octanol–water partition coefficient (Wildman–Crippen LogP) is 19.6. The third kappa shape index (κ3) is 59.0. The lowest BCUT2D eigenvalue weighted by molar-refractivity contribution is -0.161. The van der Waals surface area contributed by atoms with Crippen molar-refractivity contribution in [2.24, 2.45) is 0 Å². The quantitative estimate of drug-likeness (QED) is 0.0197. The molecule has 460 valence electrons. The Morgan fingerprint density at radius 2 is 0.650 bits per heavy atom. The highest BCUT2D eigenvalue weighted by Crippen LogP contribution is 2.43. The number of phosphoric ester groups is 1. The third-order valence-electron chi connectivity index (χ3n) is 13.5. The van der Waals surface area contributed by atoms with Crippen molar-refractivity contribution in [3.63, 3.8) is 0 Å². The second-order valence-corrected chi connectivity index (χ2v) is 22.6. The van der Waals surface area contributed by atoms with Crippen LogP contribution in [-0.4, -0.2) is 66.5 Å². The Bertz CT molecular complexity index is 1710. The highest BCUT2D eigenvalue weighted by atomic mass is 31.2. The van der Waals surface area contributed by atoms with Gasteiger partial charge in [-0.3, -0.25) is 23.4 Å². The van der Waals surface area contributed by atoms with E-state index in [1.165, 1.54) is 77.0 Å². The monoisotopic (exact) mass is 1140 g/mol. The van der Waals surface area contributed by atoms with Gasteiger partial charge in [0.15, 0.2) is 6.10 Å². The number of hydrogen-bond acceptors (Lipinski definition) is 10. The molecule has 3 atom stereocenters. The second kappa shape index (κ2) is 61.5. The number of phosphoric acid groups is 1. The van der Waals surface area contributed by atoms with Crippen molar-refractivity contribution in [1.29, 1.82) is 0 Å². The summed E-state index contributed by atoms with van der Waals surface area (Å²) in [5.74, 6) is -1.49. The zero-order chi connectivity index (χ0) is 58.3. The molecule has 0 aliphatic carbocycles. The Morgan fingerprint density at radius 3 is 1.00 bits per heavy atom. The Labute approximate surface area is 489 Å². The van der Waals surface area contributed by atoms with Gasteiger partial charge in [-0.25, -0.2) is 4.57 Å². The van der Waals surface area contributed by atoms with Crippen molar-refractivity contribution >= 4 is 25.7 Å². The van der Waals surface area contributed by atoms with Crippen LogP contribution in [0.15, 0.2) is 97.2 Å². The summed E-state index contributed by atoms with van der Waals surface area (Å²) in [6, 6.07) is 0. The number of hydrogen-bond donors (Lipinski definition) is 2. The van der Waals surface area contributed by atoms with Crippen LogP contribution in [0.25, 0.3) is 0 Å². The van der Waals surface area contributed by atoms with E-state index in [4.69, 9.17) is 23.3 Å². The maximum absolute atomic E-state index is 13.0. The summed E-state index contributed by atoms with van der Waals surface area (Å²) in [6.45, 7) is 4.48. The summed E-state index contributed by atoms with van der Waals surface area (Å²) in [7, 11) is -4.77. The zero-order valence-electron chi connectivity index (χ0n) is 51.0. The topological polar surface area (TPSA) is 155 Å². The van der Waals surface area contributed by atoms with Crippen LogP contribution < -0.4 is 0 Å². The van der Waals surface area contributed by atoms with Gasteiger partial charge in [-0.2, -0.15) is 0 Å². The summed E-state index contributed by atoms with van der Waals surface area (Å²) in [5, 5.41) is 9.86. The number of rotatable bonds is 59. The van der Waals surface area contributed by atoms with E-state index in [0.29, 0.717) is 19.3 Å². The molecule has 0 aromatic carbocycles. The minimum Gasteiger partial charge on any atom is -0.462 e. The Hall–Kier alpha value is -3.60. The minimum atomic E-state index is -4.77. The zero-order valence-corrected chi connectivity index (χ0v) is 51.9. The summed E-state index contributed by atoms with van der Waals surface area (Å²) in [4.78, 5) is 48.8. The van der Waals surface area contributed by atoms with Gasteiger partial charge < -0.3 is 24.2 Å². The maximum atomic E-state index is 13.0. The number of esters is 3. The minimum absolute atomic E-state index is 0.151. The van der Waals surface area contributed by atoms with Crippen molar-refractivity contribution in [1.82, 2.24) is 0 Å². The van der Waals surface area contributed by atoms with Crippen molar-refractivity contribution in [3.05, 3.63) is 97.2 Å². The molecule has 0 aliphatic rings. The Morgan fingerprint density at radius 1 is 0.362 bits per heavy atom. The number of carbonyl (C=O) groups excluding carboxylic acids is 3. The molecule has 0 saturated carbocycles. The third-order valence-corrected chi connectivity index (χ3v) is 14.4. The molecule has 0 amide bonds. The van der Waals surface area contributed by atoms with Gasteiger partial charge in [0.05, 0.1) is 19.8 Å². The van der Waals surface area contributed by atoms with Crippen LogP contribution in [0.4, 0.5) is 0 Å². The van der Waals surface area contributed by atoms with E-state index >= 15 is 0 Å². The van der Waals surface area contributed by atoms with Crippen LogP contribution in [0, 0.1) is 0 Å². The Balaban J connectivity index is 4.74. The molecule has 0 aromatic heterocycles. The van der Waals surface area contributed by atoms with Crippen molar-refractivity contribution in [2.45, 2.75) is 290 Å². The van der Waals surface area contributed by atoms with Crippen molar-refractivity contribution < 1.29 is 52.2 Å². The molecule has 0 spiro atoms. The standard InChI is InChI=1S/C68H117O11P/c1-4-7-10-13-16-19-22-25-28-31-32-35-36-39-42-45-48-51-54-57-66(70)75-61-65(79-68(72)59-56-53-50-47-44-41-38-34-30-27-24-21-18-15-12-9-6-3)63-77-80(73,74)76-62-64(60-69)78-67(71)58-55-52-49-46-43-40-37-33-29-26-23-20-17-14-11-8-5-2/h7,10,16-21,25-30,32,35,64-65,69H,4-6,8-9,11-15,22-24,31,33-34,36-63H2,1-3H3,(H,73,74)/b10-7-,19-16-,20-17-,21-18-,28-25-,29-26-,30-27-,35-32-. The van der Waals surface area contributed by atoms with Crippen LogP contribution in [0.1, 0.15) is 278 Å². The normalized spacial score (nSPS) is 13.9. The number of ether oxygens (including phenoxy) is 3. The fourth-order valence-electron chi connectivity index (χ4n) is 8.58. The van der Waals surface area contributed by atoms with Gasteiger partial charge in [0.25, 0.3) is 0 Å². The lowest BCUT2D eigenvalue weighted by atomic mass is 10.1. The number of aliphatic hydroxyl groups excluding tert-OH is 1. The first kappa shape index (κ1) is 76.4. The molecule has 12 heteroatoms. The van der Waals surface area contributed by atoms with Crippen molar-refractivity contribution in [3.8, 4) is 0 Å². The van der Waals surface area contributed by atoms with E-state index in [0.717, 1.165) is 141 Å². The van der Waals surface area contributed by atoms with Gasteiger partial charge in [0, 0.05) is 19.3 Å². The maximum Gasteiger partial charge on any atom is 0.472 e. The Kier molecular flexibility index (Phi) is 58.7. The van der Waals surface area contributed by atoms with E-state index in [-0.39, 0.29) is 25.9 Å². The number of carbonyl (C=O) groups is 3. The number of aliphatic hydroxyl groups is 1. The molecule has 80 heavy (non-hydrogen) atoms. The van der Waals surface area contributed by atoms with Crippen LogP contribution in [0.5, 0.6) is 0 Å². The number of allylic oxidation sites excluding steroid dienone is 16. The van der Waals surface area contributed by atoms with E-state index in [1.54, 1.807) is 0 Å². The average Bonchev–Trinajstić information content (AvgIpc) is 3.45.